The van der Waals surface area contributed by atoms with E-state index in [2.05, 4.69) is 0 Å². The van der Waals surface area contributed by atoms with Crippen molar-refractivity contribution in [2.75, 3.05) is 6.61 Å². The lowest BCUT2D eigenvalue weighted by Gasteiger charge is -2.26. The fourth-order valence-corrected chi connectivity index (χ4v) is 1.59. The number of aliphatic hydroxyl groups excluding tert-OH is 1. The van der Waals surface area contributed by atoms with Gasteiger partial charge in [0.1, 0.15) is 5.75 Å². The summed E-state index contributed by atoms with van der Waals surface area (Å²) < 4.78 is 5.44. The van der Waals surface area contributed by atoms with E-state index in [1.165, 1.54) is 0 Å². The zero-order valence-electron chi connectivity index (χ0n) is 10.4. The molecule has 1 rings (SSSR count). The van der Waals surface area contributed by atoms with Crippen LogP contribution in [0, 0.1) is 6.92 Å². The highest BCUT2D eigenvalue weighted by molar-refractivity contribution is 5.37. The smallest absolute Gasteiger partial charge is 0.122 e. The van der Waals surface area contributed by atoms with E-state index in [9.17, 15) is 5.11 Å². The molecule has 0 saturated carbocycles. The second kappa shape index (κ2) is 4.85. The molecule has 16 heavy (non-hydrogen) atoms. The van der Waals surface area contributed by atoms with Gasteiger partial charge in [-0.1, -0.05) is 6.07 Å². The van der Waals surface area contributed by atoms with Gasteiger partial charge in [-0.2, -0.15) is 0 Å². The highest BCUT2D eigenvalue weighted by Crippen LogP contribution is 2.27. The topological polar surface area (TPSA) is 55.5 Å². The predicted octanol–water partition coefficient (Wildman–Crippen LogP) is 2.16. The van der Waals surface area contributed by atoms with Gasteiger partial charge in [0.15, 0.2) is 0 Å². The van der Waals surface area contributed by atoms with Gasteiger partial charge in [-0.25, -0.2) is 0 Å². The molecule has 1 aromatic rings. The largest absolute Gasteiger partial charge is 0.494 e. The average molecular weight is 223 g/mol. The van der Waals surface area contributed by atoms with Crippen molar-refractivity contribution in [2.24, 2.45) is 5.73 Å². The SMILES string of the molecule is CCOc1ccc(C(O)C(C)(C)N)cc1C. The first-order valence-electron chi connectivity index (χ1n) is 5.56. The molecule has 3 nitrogen and oxygen atoms in total. The molecule has 0 saturated heterocycles. The van der Waals surface area contributed by atoms with Crippen molar-refractivity contribution in [3.05, 3.63) is 29.3 Å². The quantitative estimate of drug-likeness (QED) is 0.822. The number of rotatable bonds is 4. The fourth-order valence-electron chi connectivity index (χ4n) is 1.59. The number of ether oxygens (including phenoxy) is 1. The van der Waals surface area contributed by atoms with Crippen molar-refractivity contribution in [3.63, 3.8) is 0 Å². The van der Waals surface area contributed by atoms with Crippen molar-refractivity contribution in [2.45, 2.75) is 39.3 Å². The Morgan fingerprint density at radius 1 is 1.44 bits per heavy atom. The van der Waals surface area contributed by atoms with Crippen molar-refractivity contribution in [3.8, 4) is 5.75 Å². The van der Waals surface area contributed by atoms with Gasteiger partial charge >= 0.3 is 0 Å². The van der Waals surface area contributed by atoms with Crippen LogP contribution in [0.3, 0.4) is 0 Å². The Morgan fingerprint density at radius 3 is 2.50 bits per heavy atom. The van der Waals surface area contributed by atoms with Crippen LogP contribution in [0.25, 0.3) is 0 Å². The van der Waals surface area contributed by atoms with Crippen LogP contribution in [-0.4, -0.2) is 17.3 Å². The number of hydrogen-bond acceptors (Lipinski definition) is 3. The number of aryl methyl sites for hydroxylation is 1. The molecule has 0 bridgehead atoms. The zero-order valence-corrected chi connectivity index (χ0v) is 10.4. The number of hydrogen-bond donors (Lipinski definition) is 2. The minimum absolute atomic E-state index is 0.639. The second-order valence-corrected chi connectivity index (χ2v) is 4.68. The van der Waals surface area contributed by atoms with Gasteiger partial charge < -0.3 is 15.6 Å². The molecule has 90 valence electrons. The summed E-state index contributed by atoms with van der Waals surface area (Å²) >= 11 is 0. The third-order valence-electron chi connectivity index (χ3n) is 2.52. The van der Waals surface area contributed by atoms with Crippen molar-refractivity contribution >= 4 is 0 Å². The van der Waals surface area contributed by atoms with E-state index in [0.717, 1.165) is 16.9 Å². The molecule has 3 heteroatoms. The fraction of sp³-hybridized carbons (Fsp3) is 0.538. The summed E-state index contributed by atoms with van der Waals surface area (Å²) in [5.41, 5.74) is 7.08. The second-order valence-electron chi connectivity index (χ2n) is 4.68. The van der Waals surface area contributed by atoms with Crippen LogP contribution >= 0.6 is 0 Å². The maximum Gasteiger partial charge on any atom is 0.122 e. The van der Waals surface area contributed by atoms with E-state index in [4.69, 9.17) is 10.5 Å². The minimum atomic E-state index is -0.665. The Kier molecular flexibility index (Phi) is 3.94. The molecule has 1 unspecified atom stereocenters. The molecule has 0 aliphatic rings. The van der Waals surface area contributed by atoms with E-state index in [-0.39, 0.29) is 0 Å². The molecule has 0 aromatic heterocycles. The van der Waals surface area contributed by atoms with Crippen LogP contribution in [0.5, 0.6) is 5.75 Å². The van der Waals surface area contributed by atoms with Gasteiger partial charge in [-0.15, -0.1) is 0 Å². The van der Waals surface area contributed by atoms with Crippen molar-refractivity contribution < 1.29 is 9.84 Å². The third kappa shape index (κ3) is 2.97. The summed E-state index contributed by atoms with van der Waals surface area (Å²) in [6, 6.07) is 5.66. The first-order chi connectivity index (χ1) is 7.36. The Hall–Kier alpha value is -1.06. The summed E-state index contributed by atoms with van der Waals surface area (Å²) in [6.45, 7) is 8.17. The van der Waals surface area contributed by atoms with Crippen LogP contribution in [0.15, 0.2) is 18.2 Å². The van der Waals surface area contributed by atoms with E-state index in [1.807, 2.05) is 45.9 Å². The van der Waals surface area contributed by atoms with Gasteiger partial charge in [0, 0.05) is 5.54 Å². The Bertz CT molecular complexity index is 355. The van der Waals surface area contributed by atoms with Gasteiger partial charge in [0.2, 0.25) is 0 Å². The molecule has 0 radical (unpaired) electrons. The van der Waals surface area contributed by atoms with Gasteiger partial charge in [-0.3, -0.25) is 0 Å². The lowest BCUT2D eigenvalue weighted by Crippen LogP contribution is -2.39. The molecule has 0 spiro atoms. The van der Waals surface area contributed by atoms with Crippen molar-refractivity contribution in [1.82, 2.24) is 0 Å². The normalized spacial score (nSPS) is 13.6. The van der Waals surface area contributed by atoms with E-state index in [1.54, 1.807) is 0 Å². The highest BCUT2D eigenvalue weighted by Gasteiger charge is 2.24. The molecule has 0 aliphatic carbocycles. The maximum absolute atomic E-state index is 10.0. The van der Waals surface area contributed by atoms with Crippen LogP contribution < -0.4 is 10.5 Å². The Morgan fingerprint density at radius 2 is 2.06 bits per heavy atom. The van der Waals surface area contributed by atoms with Crippen molar-refractivity contribution in [1.29, 1.82) is 0 Å². The van der Waals surface area contributed by atoms with E-state index in [0.29, 0.717) is 6.61 Å². The summed E-state index contributed by atoms with van der Waals surface area (Å²) in [5, 5.41) is 10.0. The average Bonchev–Trinajstić information content (AvgIpc) is 2.19. The predicted molar refractivity (Wildman–Crippen MR) is 65.6 cm³/mol. The molecule has 0 amide bonds. The summed E-state index contributed by atoms with van der Waals surface area (Å²) in [5.74, 6) is 0.855. The maximum atomic E-state index is 10.0. The number of aliphatic hydroxyl groups is 1. The van der Waals surface area contributed by atoms with E-state index < -0.39 is 11.6 Å². The number of nitrogens with two attached hydrogens (primary N) is 1. The third-order valence-corrected chi connectivity index (χ3v) is 2.52. The number of benzene rings is 1. The molecular weight excluding hydrogens is 202 g/mol. The minimum Gasteiger partial charge on any atom is -0.494 e. The molecule has 0 fully saturated rings. The van der Waals surface area contributed by atoms with Crippen LogP contribution in [0.4, 0.5) is 0 Å². The summed E-state index contributed by atoms with van der Waals surface area (Å²) in [4.78, 5) is 0. The monoisotopic (exact) mass is 223 g/mol. The molecule has 3 N–H and O–H groups in total. The standard InChI is InChI=1S/C13H21NO2/c1-5-16-11-7-6-10(8-9(11)2)12(15)13(3,4)14/h6-8,12,15H,5,14H2,1-4H3. The first kappa shape index (κ1) is 13.0. The lowest BCUT2D eigenvalue weighted by atomic mass is 9.91. The highest BCUT2D eigenvalue weighted by atomic mass is 16.5. The van der Waals surface area contributed by atoms with Crippen LogP contribution in [0.2, 0.25) is 0 Å². The Labute approximate surface area is 97.2 Å². The molecule has 0 heterocycles. The molecule has 0 aliphatic heterocycles. The molecular formula is C13H21NO2. The first-order valence-corrected chi connectivity index (χ1v) is 5.56. The Balaban J connectivity index is 2.97. The summed E-state index contributed by atoms with van der Waals surface area (Å²) in [7, 11) is 0. The summed E-state index contributed by atoms with van der Waals surface area (Å²) in [6.07, 6.45) is -0.665. The van der Waals surface area contributed by atoms with E-state index >= 15 is 0 Å². The van der Waals surface area contributed by atoms with Gasteiger partial charge in [0.05, 0.1) is 12.7 Å². The van der Waals surface area contributed by atoms with Gasteiger partial charge in [0.25, 0.3) is 0 Å². The van der Waals surface area contributed by atoms with Crippen LogP contribution in [-0.2, 0) is 0 Å². The molecule has 1 aromatic carbocycles. The van der Waals surface area contributed by atoms with Crippen LogP contribution in [0.1, 0.15) is 38.0 Å². The zero-order chi connectivity index (χ0) is 12.3. The van der Waals surface area contributed by atoms with Gasteiger partial charge in [-0.05, 0) is 51.0 Å². The molecule has 1 atom stereocenters. The lowest BCUT2D eigenvalue weighted by molar-refractivity contribution is 0.104.